The Morgan fingerprint density at radius 3 is 2.43 bits per heavy atom. The van der Waals surface area contributed by atoms with Gasteiger partial charge in [-0.1, -0.05) is 13.3 Å². The van der Waals surface area contributed by atoms with Gasteiger partial charge in [-0.2, -0.15) is 0 Å². The molecule has 0 atom stereocenters. The molecule has 3 heteroatoms. The monoisotopic (exact) mass is 114 g/mol. The summed E-state index contributed by atoms with van der Waals surface area (Å²) in [5.41, 5.74) is 0. The van der Waals surface area contributed by atoms with Gasteiger partial charge < -0.3 is 1.43 Å². The molecule has 0 bridgehead atoms. The molecule has 0 heterocycles. The van der Waals surface area contributed by atoms with Crippen molar-refractivity contribution in [2.45, 2.75) is 19.8 Å². The van der Waals surface area contributed by atoms with Gasteiger partial charge in [-0.25, -0.2) is 4.89 Å². The van der Waals surface area contributed by atoms with Crippen LogP contribution in [0.25, 0.3) is 0 Å². The first kappa shape index (κ1) is 10.8. The normalized spacial score (nSPS) is 7.71. The first-order valence-electron chi connectivity index (χ1n) is 2.18. The van der Waals surface area contributed by atoms with E-state index in [2.05, 4.69) is 4.89 Å². The average Bonchev–Trinajstić information content (AvgIpc) is 1.61. The number of hydrogen-bond acceptors (Lipinski definition) is 2. The molecule has 0 fully saturated rings. The van der Waals surface area contributed by atoms with Gasteiger partial charge in [-0.3, -0.25) is 5.26 Å². The molecule has 0 saturated carbocycles. The van der Waals surface area contributed by atoms with Crippen molar-refractivity contribution in [1.29, 1.82) is 0 Å². The Hall–Kier alpha value is 0.920. The van der Waals surface area contributed by atoms with Crippen molar-refractivity contribution in [2.75, 3.05) is 6.61 Å². The molecule has 0 radical (unpaired) electrons. The first-order valence-corrected chi connectivity index (χ1v) is 2.18. The van der Waals surface area contributed by atoms with Crippen LogP contribution in [0.1, 0.15) is 21.2 Å². The van der Waals surface area contributed by atoms with Crippen LogP contribution in [0, 0.1) is 0 Å². The molecule has 0 aromatic rings. The first-order chi connectivity index (χ1) is 2.91. The van der Waals surface area contributed by atoms with E-state index in [1.807, 2.05) is 6.92 Å². The van der Waals surface area contributed by atoms with Crippen molar-refractivity contribution in [1.82, 2.24) is 0 Å². The maximum Gasteiger partial charge on any atom is 1.00 e. The molecule has 0 aromatic carbocycles. The van der Waals surface area contributed by atoms with Crippen LogP contribution in [0.5, 0.6) is 0 Å². The fourth-order valence-electron chi connectivity index (χ4n) is 0.209. The van der Waals surface area contributed by atoms with E-state index >= 15 is 0 Å². The quantitative estimate of drug-likeness (QED) is 0.207. The molecule has 0 aliphatic carbocycles. The molecular formula is C4H11NaO2. The molecular weight excluding hydrogens is 103 g/mol. The second kappa shape index (κ2) is 10.0. The van der Waals surface area contributed by atoms with E-state index in [1.165, 1.54) is 0 Å². The third kappa shape index (κ3) is 10.9. The third-order valence-corrected chi connectivity index (χ3v) is 0.589. The van der Waals surface area contributed by atoms with Crippen molar-refractivity contribution in [2.24, 2.45) is 0 Å². The van der Waals surface area contributed by atoms with Gasteiger partial charge in [-0.05, 0) is 6.42 Å². The smallest absolute Gasteiger partial charge is 1.00 e. The predicted molar refractivity (Wildman–Crippen MR) is 24.6 cm³/mol. The van der Waals surface area contributed by atoms with Crippen LogP contribution in [0.2, 0.25) is 0 Å². The standard InChI is InChI=1S/C4H10O2.Na.H/c1-2-3-4-6-5;;/h5H,2-4H2,1H3;;/q;+1;-1. The summed E-state index contributed by atoms with van der Waals surface area (Å²) in [6, 6.07) is 0. The van der Waals surface area contributed by atoms with E-state index in [1.54, 1.807) is 0 Å². The molecule has 0 aliphatic rings. The maximum atomic E-state index is 7.70. The summed E-state index contributed by atoms with van der Waals surface area (Å²) in [5.74, 6) is 0. The van der Waals surface area contributed by atoms with E-state index in [0.29, 0.717) is 6.61 Å². The topological polar surface area (TPSA) is 29.5 Å². The van der Waals surface area contributed by atoms with Gasteiger partial charge >= 0.3 is 29.6 Å². The van der Waals surface area contributed by atoms with Crippen LogP contribution in [-0.4, -0.2) is 11.9 Å². The molecule has 40 valence electrons. The maximum absolute atomic E-state index is 7.70. The zero-order valence-corrected chi connectivity index (χ0v) is 6.98. The second-order valence-electron chi connectivity index (χ2n) is 1.19. The summed E-state index contributed by atoms with van der Waals surface area (Å²) in [7, 11) is 0. The van der Waals surface area contributed by atoms with Crippen LogP contribution in [0.3, 0.4) is 0 Å². The van der Waals surface area contributed by atoms with Gasteiger partial charge in [0.25, 0.3) is 0 Å². The zero-order chi connectivity index (χ0) is 4.83. The van der Waals surface area contributed by atoms with E-state index in [9.17, 15) is 0 Å². The number of unbranched alkanes of at least 4 members (excludes halogenated alkanes) is 1. The Balaban J connectivity index is -0.000000125. The molecule has 0 spiro atoms. The fraction of sp³-hybridized carbons (Fsp3) is 1.00. The number of hydrogen-bond donors (Lipinski definition) is 1. The predicted octanol–water partition coefficient (Wildman–Crippen LogP) is -1.61. The van der Waals surface area contributed by atoms with Gasteiger partial charge in [0, 0.05) is 0 Å². The zero-order valence-electron chi connectivity index (χ0n) is 5.98. The van der Waals surface area contributed by atoms with E-state index in [-0.39, 0.29) is 31.0 Å². The average molecular weight is 114 g/mol. The Bertz CT molecular complexity index is 26.0. The molecule has 7 heavy (non-hydrogen) atoms. The van der Waals surface area contributed by atoms with Crippen LogP contribution >= 0.6 is 0 Å². The minimum Gasteiger partial charge on any atom is -1.00 e. The van der Waals surface area contributed by atoms with Crippen molar-refractivity contribution in [3.05, 3.63) is 0 Å². The largest absolute Gasteiger partial charge is 1.00 e. The van der Waals surface area contributed by atoms with E-state index in [0.717, 1.165) is 12.8 Å². The summed E-state index contributed by atoms with van der Waals surface area (Å²) in [6.07, 6.45) is 2.01. The van der Waals surface area contributed by atoms with Crippen molar-refractivity contribution >= 4 is 0 Å². The van der Waals surface area contributed by atoms with Gasteiger partial charge in [-0.15, -0.1) is 0 Å². The minimum atomic E-state index is 0. The van der Waals surface area contributed by atoms with Crippen molar-refractivity contribution < 1.29 is 41.1 Å². The fourth-order valence-corrected chi connectivity index (χ4v) is 0.209. The molecule has 0 saturated heterocycles. The van der Waals surface area contributed by atoms with Gasteiger partial charge in [0.05, 0.1) is 6.61 Å². The van der Waals surface area contributed by atoms with Crippen molar-refractivity contribution in [3.8, 4) is 0 Å². The van der Waals surface area contributed by atoms with Crippen LogP contribution < -0.4 is 29.6 Å². The molecule has 0 aliphatic heterocycles. The summed E-state index contributed by atoms with van der Waals surface area (Å²) >= 11 is 0. The Kier molecular flexibility index (Phi) is 15.5. The second-order valence-corrected chi connectivity index (χ2v) is 1.19. The summed E-state index contributed by atoms with van der Waals surface area (Å²) in [5, 5.41) is 7.70. The molecule has 2 nitrogen and oxygen atoms in total. The van der Waals surface area contributed by atoms with Gasteiger partial charge in [0.2, 0.25) is 0 Å². The molecule has 1 N–H and O–H groups in total. The number of rotatable bonds is 3. The van der Waals surface area contributed by atoms with Crippen LogP contribution in [0.15, 0.2) is 0 Å². The minimum absolute atomic E-state index is 0. The van der Waals surface area contributed by atoms with Crippen LogP contribution in [0.4, 0.5) is 0 Å². The molecule has 0 rings (SSSR count). The Labute approximate surface area is 67.6 Å². The Morgan fingerprint density at radius 1 is 1.71 bits per heavy atom. The molecule has 0 aromatic heterocycles. The van der Waals surface area contributed by atoms with Crippen LogP contribution in [-0.2, 0) is 4.89 Å². The molecule has 0 amide bonds. The Morgan fingerprint density at radius 2 is 2.29 bits per heavy atom. The SMILES string of the molecule is CCCCOO.[H-].[Na+]. The molecule has 0 unspecified atom stereocenters. The summed E-state index contributed by atoms with van der Waals surface area (Å²) in [6.45, 7) is 2.51. The van der Waals surface area contributed by atoms with Gasteiger partial charge in [0.1, 0.15) is 0 Å². The van der Waals surface area contributed by atoms with Crippen molar-refractivity contribution in [3.63, 3.8) is 0 Å². The summed E-state index contributed by atoms with van der Waals surface area (Å²) in [4.78, 5) is 3.78. The summed E-state index contributed by atoms with van der Waals surface area (Å²) < 4.78 is 0. The van der Waals surface area contributed by atoms with E-state index in [4.69, 9.17) is 5.26 Å². The van der Waals surface area contributed by atoms with E-state index < -0.39 is 0 Å². The third-order valence-electron chi connectivity index (χ3n) is 0.589. The van der Waals surface area contributed by atoms with Gasteiger partial charge in [0.15, 0.2) is 0 Å².